The minimum absolute atomic E-state index is 0.103. The van der Waals surface area contributed by atoms with Gasteiger partial charge in [0.05, 0.1) is 28.7 Å². The van der Waals surface area contributed by atoms with Crippen molar-refractivity contribution in [3.63, 3.8) is 0 Å². The van der Waals surface area contributed by atoms with Crippen LogP contribution < -0.4 is 11.1 Å². The van der Waals surface area contributed by atoms with E-state index in [-0.39, 0.29) is 6.04 Å². The minimum atomic E-state index is 0.103. The third-order valence-electron chi connectivity index (χ3n) is 3.87. The van der Waals surface area contributed by atoms with Gasteiger partial charge in [0.25, 0.3) is 0 Å². The molecule has 23 heavy (non-hydrogen) atoms. The van der Waals surface area contributed by atoms with E-state index in [2.05, 4.69) is 34.5 Å². The summed E-state index contributed by atoms with van der Waals surface area (Å²) in [7, 11) is 0. The van der Waals surface area contributed by atoms with E-state index >= 15 is 0 Å². The second-order valence-electron chi connectivity index (χ2n) is 5.61. The lowest BCUT2D eigenvalue weighted by Gasteiger charge is -2.17. The van der Waals surface area contributed by atoms with Gasteiger partial charge in [-0.25, -0.2) is 4.98 Å². The molecule has 0 bridgehead atoms. The molecule has 0 unspecified atom stereocenters. The number of aryl methyl sites for hydroxylation is 2. The molecule has 5 heteroatoms. The van der Waals surface area contributed by atoms with Crippen LogP contribution in [0.2, 0.25) is 0 Å². The first kappa shape index (κ1) is 15.1. The van der Waals surface area contributed by atoms with Crippen molar-refractivity contribution in [1.29, 1.82) is 0 Å². The second kappa shape index (κ2) is 6.12. The summed E-state index contributed by atoms with van der Waals surface area (Å²) in [6, 6.07) is 14.0. The lowest BCUT2D eigenvalue weighted by atomic mass is 10.1. The topological polar surface area (TPSA) is 77.0 Å². The Morgan fingerprint density at radius 2 is 1.83 bits per heavy atom. The van der Waals surface area contributed by atoms with Gasteiger partial charge in [0.1, 0.15) is 11.6 Å². The highest BCUT2D eigenvalue weighted by molar-refractivity contribution is 5.71. The summed E-state index contributed by atoms with van der Waals surface area (Å²) in [5.41, 5.74) is 10.4. The van der Waals surface area contributed by atoms with Crippen molar-refractivity contribution < 1.29 is 4.52 Å². The maximum absolute atomic E-state index is 6.08. The SMILES string of the molecule is Cc1noc(C)c1-c1ccc(N)c(N[C@@H](C)c2ccccc2)n1. The Balaban J connectivity index is 1.93. The Morgan fingerprint density at radius 3 is 2.48 bits per heavy atom. The monoisotopic (exact) mass is 308 g/mol. The Bertz CT molecular complexity index is 792. The summed E-state index contributed by atoms with van der Waals surface area (Å²) in [5, 5.41) is 7.37. The van der Waals surface area contributed by atoms with Crippen LogP contribution in [0.4, 0.5) is 11.5 Å². The molecular weight excluding hydrogens is 288 g/mol. The van der Waals surface area contributed by atoms with Crippen molar-refractivity contribution in [1.82, 2.24) is 10.1 Å². The average Bonchev–Trinajstić information content (AvgIpc) is 2.89. The molecule has 5 nitrogen and oxygen atoms in total. The Morgan fingerprint density at radius 1 is 1.09 bits per heavy atom. The molecule has 0 amide bonds. The summed E-state index contributed by atoms with van der Waals surface area (Å²) in [5.74, 6) is 1.42. The molecule has 118 valence electrons. The molecule has 0 aliphatic rings. The number of rotatable bonds is 4. The number of hydrogen-bond acceptors (Lipinski definition) is 5. The molecule has 1 atom stereocenters. The van der Waals surface area contributed by atoms with Gasteiger partial charge in [-0.1, -0.05) is 35.5 Å². The molecule has 3 aromatic rings. The number of aromatic nitrogens is 2. The maximum atomic E-state index is 6.08. The minimum Gasteiger partial charge on any atom is -0.396 e. The zero-order valence-corrected chi connectivity index (χ0v) is 13.5. The van der Waals surface area contributed by atoms with Gasteiger partial charge in [0, 0.05) is 0 Å². The number of nitrogens with two attached hydrogens (primary N) is 1. The molecule has 0 radical (unpaired) electrons. The van der Waals surface area contributed by atoms with Crippen molar-refractivity contribution >= 4 is 11.5 Å². The molecule has 0 aliphatic carbocycles. The van der Waals surface area contributed by atoms with E-state index < -0.39 is 0 Å². The van der Waals surface area contributed by atoms with E-state index in [1.807, 2.05) is 44.2 Å². The summed E-state index contributed by atoms with van der Waals surface area (Å²) in [4.78, 5) is 4.67. The average molecular weight is 308 g/mol. The number of nitrogens with zero attached hydrogens (tertiary/aromatic N) is 2. The number of hydrogen-bond donors (Lipinski definition) is 2. The van der Waals surface area contributed by atoms with Gasteiger partial charge in [-0.2, -0.15) is 0 Å². The number of nitrogen functional groups attached to an aromatic ring is 1. The Labute approximate surface area is 135 Å². The summed E-state index contributed by atoms with van der Waals surface area (Å²) >= 11 is 0. The molecule has 3 rings (SSSR count). The van der Waals surface area contributed by atoms with Crippen LogP contribution in [-0.4, -0.2) is 10.1 Å². The van der Waals surface area contributed by atoms with E-state index in [0.29, 0.717) is 11.5 Å². The van der Waals surface area contributed by atoms with Crippen molar-refractivity contribution in [2.24, 2.45) is 0 Å². The van der Waals surface area contributed by atoms with Gasteiger partial charge in [0.2, 0.25) is 0 Å². The molecule has 0 saturated carbocycles. The third-order valence-corrected chi connectivity index (χ3v) is 3.87. The normalized spacial score (nSPS) is 12.1. The molecule has 1 aromatic carbocycles. The molecule has 0 spiro atoms. The number of benzene rings is 1. The standard InChI is InChI=1S/C18H20N4O/c1-11(14-7-5-4-6-8-14)20-18-15(19)9-10-16(21-18)17-12(2)22-23-13(17)3/h4-11H,19H2,1-3H3,(H,20,21)/t11-/m0/s1. The molecule has 0 aliphatic heterocycles. The van der Waals surface area contributed by atoms with Crippen LogP contribution in [0.15, 0.2) is 47.0 Å². The van der Waals surface area contributed by atoms with Crippen LogP contribution in [0.3, 0.4) is 0 Å². The van der Waals surface area contributed by atoms with E-state index in [1.165, 1.54) is 5.56 Å². The third kappa shape index (κ3) is 3.04. The van der Waals surface area contributed by atoms with Crippen LogP contribution >= 0.6 is 0 Å². The van der Waals surface area contributed by atoms with Crippen molar-refractivity contribution in [3.8, 4) is 11.3 Å². The molecule has 3 N–H and O–H groups in total. The lowest BCUT2D eigenvalue weighted by Crippen LogP contribution is -2.10. The number of pyridine rings is 1. The van der Waals surface area contributed by atoms with Gasteiger partial charge in [-0.3, -0.25) is 0 Å². The van der Waals surface area contributed by atoms with Gasteiger partial charge >= 0.3 is 0 Å². The maximum Gasteiger partial charge on any atom is 0.150 e. The first-order valence-electron chi connectivity index (χ1n) is 7.57. The zero-order valence-electron chi connectivity index (χ0n) is 13.5. The van der Waals surface area contributed by atoms with Crippen molar-refractivity contribution in [2.75, 3.05) is 11.1 Å². The van der Waals surface area contributed by atoms with E-state index in [1.54, 1.807) is 0 Å². The number of nitrogens with one attached hydrogen (secondary N) is 1. The fraction of sp³-hybridized carbons (Fsp3) is 0.222. The fourth-order valence-corrected chi connectivity index (χ4v) is 2.60. The fourth-order valence-electron chi connectivity index (χ4n) is 2.60. The second-order valence-corrected chi connectivity index (χ2v) is 5.61. The largest absolute Gasteiger partial charge is 0.396 e. The highest BCUT2D eigenvalue weighted by Crippen LogP contribution is 2.29. The van der Waals surface area contributed by atoms with Crippen molar-refractivity contribution in [3.05, 3.63) is 59.5 Å². The first-order valence-corrected chi connectivity index (χ1v) is 7.57. The zero-order chi connectivity index (χ0) is 16.4. The van der Waals surface area contributed by atoms with E-state index in [4.69, 9.17) is 10.3 Å². The molecule has 2 heterocycles. The predicted molar refractivity (Wildman–Crippen MR) is 92.1 cm³/mol. The first-order chi connectivity index (χ1) is 11.1. The predicted octanol–water partition coefficient (Wildman–Crippen LogP) is 4.11. The van der Waals surface area contributed by atoms with Crippen molar-refractivity contribution in [2.45, 2.75) is 26.8 Å². The smallest absolute Gasteiger partial charge is 0.150 e. The molecule has 0 fully saturated rings. The van der Waals surface area contributed by atoms with Crippen LogP contribution in [-0.2, 0) is 0 Å². The summed E-state index contributed by atoms with van der Waals surface area (Å²) in [6.45, 7) is 5.87. The molecular formula is C18H20N4O. The van der Waals surface area contributed by atoms with Gasteiger partial charge in [-0.15, -0.1) is 0 Å². The lowest BCUT2D eigenvalue weighted by molar-refractivity contribution is 0.393. The Hall–Kier alpha value is -2.82. The van der Waals surface area contributed by atoms with Gasteiger partial charge < -0.3 is 15.6 Å². The molecule has 2 aromatic heterocycles. The number of anilines is 2. The highest BCUT2D eigenvalue weighted by atomic mass is 16.5. The van der Waals surface area contributed by atoms with Crippen LogP contribution in [0.5, 0.6) is 0 Å². The van der Waals surface area contributed by atoms with E-state index in [9.17, 15) is 0 Å². The summed E-state index contributed by atoms with van der Waals surface area (Å²) < 4.78 is 5.23. The van der Waals surface area contributed by atoms with Crippen LogP contribution in [0.25, 0.3) is 11.3 Å². The Kier molecular flexibility index (Phi) is 4.02. The summed E-state index contributed by atoms with van der Waals surface area (Å²) in [6.07, 6.45) is 0. The van der Waals surface area contributed by atoms with E-state index in [0.717, 1.165) is 22.7 Å². The van der Waals surface area contributed by atoms with Gasteiger partial charge in [-0.05, 0) is 38.5 Å². The molecule has 0 saturated heterocycles. The van der Waals surface area contributed by atoms with Crippen LogP contribution in [0, 0.1) is 13.8 Å². The highest BCUT2D eigenvalue weighted by Gasteiger charge is 2.15. The quantitative estimate of drug-likeness (QED) is 0.758. The van der Waals surface area contributed by atoms with Crippen LogP contribution in [0.1, 0.15) is 30.0 Å². The van der Waals surface area contributed by atoms with Gasteiger partial charge in [0.15, 0.2) is 0 Å².